The second kappa shape index (κ2) is 23.2. The van der Waals surface area contributed by atoms with E-state index in [2.05, 4.69) is 30.4 Å². The Balaban J connectivity index is 1.21. The van der Waals surface area contributed by atoms with Crippen LogP contribution in [0, 0.1) is 13.8 Å². The van der Waals surface area contributed by atoms with Gasteiger partial charge in [-0.1, -0.05) is 105 Å². The topological polar surface area (TPSA) is 143 Å². The number of rotatable bonds is 20. The number of carbonyl (C=O) groups excluding carboxylic acids is 3. The highest BCUT2D eigenvalue weighted by atomic mass is 35.5. The van der Waals surface area contributed by atoms with Gasteiger partial charge in [0.05, 0.1) is 26.9 Å². The van der Waals surface area contributed by atoms with Crippen LogP contribution in [0.15, 0.2) is 102 Å². The van der Waals surface area contributed by atoms with Crippen LogP contribution in [0.3, 0.4) is 0 Å². The van der Waals surface area contributed by atoms with E-state index in [1.54, 1.807) is 41.0 Å². The van der Waals surface area contributed by atoms with Crippen molar-refractivity contribution < 1.29 is 23.3 Å². The van der Waals surface area contributed by atoms with E-state index in [1.807, 2.05) is 73.7 Å². The lowest BCUT2D eigenvalue weighted by atomic mass is 9.93. The molecule has 0 bridgehead atoms. The summed E-state index contributed by atoms with van der Waals surface area (Å²) < 4.78 is 24.4. The van der Waals surface area contributed by atoms with Crippen LogP contribution in [0.2, 0.25) is 10.0 Å². The number of hydrogen-bond acceptors (Lipinski definition) is 8. The Hall–Kier alpha value is -5.57. The Kier molecular flexibility index (Phi) is 17.1. The summed E-state index contributed by atoms with van der Waals surface area (Å²) in [7, 11) is -1.98. The van der Waals surface area contributed by atoms with Crippen molar-refractivity contribution >= 4 is 62.7 Å². The molecule has 2 heterocycles. The lowest BCUT2D eigenvalue weighted by Gasteiger charge is -2.36. The monoisotopic (exact) mass is 977 g/mol. The van der Waals surface area contributed by atoms with Gasteiger partial charge in [0.2, 0.25) is 0 Å². The van der Waals surface area contributed by atoms with Gasteiger partial charge in [0.15, 0.2) is 16.7 Å². The molecule has 358 valence electrons. The molecule has 7 rings (SSSR count). The number of aromatic nitrogens is 2. The van der Waals surface area contributed by atoms with Crippen molar-refractivity contribution in [2.24, 2.45) is 5.73 Å². The molecule has 0 radical (unpaired) electrons. The second-order valence-corrected chi connectivity index (χ2v) is 19.4. The molecule has 0 aliphatic carbocycles. The molecule has 68 heavy (non-hydrogen) atoms. The Labute approximate surface area is 412 Å². The molecule has 12 nitrogen and oxygen atoms in total. The Bertz CT molecular complexity index is 2810. The van der Waals surface area contributed by atoms with Crippen LogP contribution >= 0.6 is 23.2 Å². The van der Waals surface area contributed by atoms with Gasteiger partial charge in [-0.3, -0.25) is 24.0 Å². The fourth-order valence-corrected chi connectivity index (χ4v) is 9.91. The summed E-state index contributed by atoms with van der Waals surface area (Å²) in [5, 5.41) is 7.27. The molecule has 0 saturated carbocycles. The van der Waals surface area contributed by atoms with Crippen molar-refractivity contribution in [1.29, 1.82) is 0 Å². The van der Waals surface area contributed by atoms with Crippen molar-refractivity contribution in [3.63, 3.8) is 0 Å². The van der Waals surface area contributed by atoms with E-state index in [1.165, 1.54) is 10.7 Å². The summed E-state index contributed by atoms with van der Waals surface area (Å²) in [4.78, 5) is 49.8. The summed E-state index contributed by atoms with van der Waals surface area (Å²) in [6.45, 7) is 14.6. The van der Waals surface area contributed by atoms with E-state index in [9.17, 15) is 13.8 Å². The van der Waals surface area contributed by atoms with E-state index in [0.717, 1.165) is 78.3 Å². The zero-order valence-electron chi connectivity index (χ0n) is 39.5. The average molecular weight is 979 g/mol. The minimum Gasteiger partial charge on any atom is -0.492 e. The number of benzene rings is 5. The van der Waals surface area contributed by atoms with E-state index >= 15 is 4.79 Å². The largest absolute Gasteiger partial charge is 0.492 e. The Morgan fingerprint density at radius 1 is 0.868 bits per heavy atom. The summed E-state index contributed by atoms with van der Waals surface area (Å²) in [5.41, 5.74) is 11.2. The number of ether oxygens (including phenoxy) is 1. The van der Waals surface area contributed by atoms with Crippen LogP contribution in [-0.2, 0) is 30.5 Å². The molecule has 15 heteroatoms. The zero-order valence-corrected chi connectivity index (χ0v) is 41.9. The van der Waals surface area contributed by atoms with Crippen LogP contribution in [-0.4, -0.2) is 91.8 Å². The van der Waals surface area contributed by atoms with Crippen molar-refractivity contribution in [3.8, 4) is 11.4 Å². The maximum absolute atomic E-state index is 15.0. The summed E-state index contributed by atoms with van der Waals surface area (Å²) in [6.07, 6.45) is 4.30. The number of fused-ring (bicyclic) bond motifs is 2. The van der Waals surface area contributed by atoms with Crippen LogP contribution in [0.4, 0.5) is 0 Å². The van der Waals surface area contributed by atoms with Gasteiger partial charge in [0, 0.05) is 54.7 Å². The molecule has 2 unspecified atom stereocenters. The Morgan fingerprint density at radius 2 is 1.63 bits per heavy atom. The maximum atomic E-state index is 15.0. The highest BCUT2D eigenvalue weighted by molar-refractivity contribution is 7.83. The smallest absolute Gasteiger partial charge is 0.276 e. The zero-order chi connectivity index (χ0) is 48.5. The number of unbranched alkanes of at least 4 members (excludes halogenated alkanes) is 1. The molecule has 3 N–H and O–H groups in total. The number of nitrogens with one attached hydrogen (secondary N) is 1. The highest BCUT2D eigenvalue weighted by Gasteiger charge is 2.33. The van der Waals surface area contributed by atoms with Crippen LogP contribution in [0.5, 0.6) is 5.75 Å². The van der Waals surface area contributed by atoms with E-state index in [-0.39, 0.29) is 40.3 Å². The second-order valence-electron chi connectivity index (χ2n) is 17.4. The van der Waals surface area contributed by atoms with Crippen molar-refractivity contribution in [2.75, 3.05) is 39.3 Å². The molecule has 5 aromatic carbocycles. The molecule has 6 aromatic rings. The molecule has 1 aliphatic rings. The first-order chi connectivity index (χ1) is 32.8. The maximum Gasteiger partial charge on any atom is 0.276 e. The van der Waals surface area contributed by atoms with E-state index < -0.39 is 22.8 Å². The van der Waals surface area contributed by atoms with Crippen LogP contribution < -0.4 is 15.2 Å². The van der Waals surface area contributed by atoms with E-state index in [4.69, 9.17) is 38.8 Å². The molecular formula is C53H61Cl2N7O5S. The first-order valence-corrected chi connectivity index (χ1v) is 25.4. The Morgan fingerprint density at radius 3 is 2.35 bits per heavy atom. The first kappa shape index (κ1) is 50.3. The quantitative estimate of drug-likeness (QED) is 0.0770. The van der Waals surface area contributed by atoms with Gasteiger partial charge in [-0.15, -0.1) is 0 Å². The molecular weight excluding hydrogens is 918 g/mol. The van der Waals surface area contributed by atoms with Gasteiger partial charge in [0.25, 0.3) is 17.7 Å². The predicted octanol–water partition coefficient (Wildman–Crippen LogP) is 9.87. The molecule has 3 amide bonds. The number of hydrogen-bond donors (Lipinski definition) is 2. The van der Waals surface area contributed by atoms with Gasteiger partial charge < -0.3 is 20.3 Å². The standard InChI is InChI=1S/C53H61Cl2N7O5S/c1-6-9-25-60(33-37-17-21-46(54)35(4)28-37)53(65)50-49(55)36(5)62(57-50)47-22-19-40(30-45(47)52(64)61-34-41-14-11-10-13-39(41)29-42(61)32-56)51(63)58-68(66)43-20-18-38-15-12-16-48(44(38)31-43)67-27-26-59(23-7-2)24-8-3/h10-22,28,30-31,42H,6-9,23-27,29,32-34,56H2,1-5H3,(H,58,63). The minimum atomic E-state index is -1.98. The van der Waals surface area contributed by atoms with Gasteiger partial charge in [0.1, 0.15) is 12.4 Å². The van der Waals surface area contributed by atoms with Gasteiger partial charge in [-0.25, -0.2) is 8.89 Å². The summed E-state index contributed by atoms with van der Waals surface area (Å²) in [5.74, 6) is -0.746. The van der Waals surface area contributed by atoms with Crippen molar-refractivity contribution in [3.05, 3.63) is 152 Å². The van der Waals surface area contributed by atoms with Crippen molar-refractivity contribution in [2.45, 2.75) is 90.7 Å². The molecule has 2 atom stereocenters. The van der Waals surface area contributed by atoms with Crippen LogP contribution in [0.1, 0.15) is 106 Å². The van der Waals surface area contributed by atoms with Gasteiger partial charge in [-0.05, 0) is 123 Å². The number of nitrogens with zero attached hydrogens (tertiary/aromatic N) is 5. The summed E-state index contributed by atoms with van der Waals surface area (Å²) in [6, 6.07) is 29.1. The molecule has 1 aliphatic heterocycles. The minimum absolute atomic E-state index is 0.0345. The molecule has 0 fully saturated rings. The average Bonchev–Trinajstić information content (AvgIpc) is 3.64. The lowest BCUT2D eigenvalue weighted by Crippen LogP contribution is -2.48. The van der Waals surface area contributed by atoms with E-state index in [0.29, 0.717) is 59.7 Å². The third-order valence-electron chi connectivity index (χ3n) is 12.5. The highest BCUT2D eigenvalue weighted by Crippen LogP contribution is 2.32. The van der Waals surface area contributed by atoms with Gasteiger partial charge >= 0.3 is 0 Å². The number of nitrogens with two attached hydrogens (primary N) is 1. The summed E-state index contributed by atoms with van der Waals surface area (Å²) >= 11 is 13.3. The predicted molar refractivity (Wildman–Crippen MR) is 272 cm³/mol. The van der Waals surface area contributed by atoms with Crippen molar-refractivity contribution in [1.82, 2.24) is 29.2 Å². The fourth-order valence-electron chi connectivity index (χ4n) is 8.77. The number of aryl methyl sites for hydroxylation is 1. The number of carbonyl (C=O) groups is 3. The number of halogens is 2. The third-order valence-corrected chi connectivity index (χ3v) is 14.4. The fraction of sp³-hybridized carbons (Fsp3) is 0.358. The van der Waals surface area contributed by atoms with Crippen LogP contribution in [0.25, 0.3) is 16.5 Å². The third kappa shape index (κ3) is 11.5. The molecule has 0 saturated heterocycles. The molecule has 1 aromatic heterocycles. The first-order valence-electron chi connectivity index (χ1n) is 23.5. The number of amides is 3. The molecule has 0 spiro atoms. The lowest BCUT2D eigenvalue weighted by molar-refractivity contribution is 0.0647. The SMILES string of the molecule is CCCCN(Cc1ccc(Cl)c(C)c1)C(=O)c1nn(-c2ccc(C(=O)NS(=O)c3ccc4cccc(OCCN(CCC)CCC)c4c3)cc2C(=O)N2Cc3ccccc3CC2CN)c(C)c1Cl. The van der Waals surface area contributed by atoms with Gasteiger partial charge in [-0.2, -0.15) is 5.10 Å². The normalized spacial score (nSPS) is 14.0.